The molecule has 0 bridgehead atoms. The van der Waals surface area contributed by atoms with Crippen LogP contribution in [0.15, 0.2) is 21.7 Å². The van der Waals surface area contributed by atoms with Crippen molar-refractivity contribution in [1.82, 2.24) is 19.1 Å². The van der Waals surface area contributed by atoms with Crippen molar-refractivity contribution in [3.63, 3.8) is 0 Å². The van der Waals surface area contributed by atoms with E-state index in [2.05, 4.69) is 9.97 Å². The van der Waals surface area contributed by atoms with Gasteiger partial charge in [0.25, 0.3) is 11.1 Å². The molecule has 0 aliphatic rings. The maximum Gasteiger partial charge on any atom is 0.310 e. The highest BCUT2D eigenvalue weighted by Crippen LogP contribution is 2.19. The second-order valence-corrected chi connectivity index (χ2v) is 5.59. The van der Waals surface area contributed by atoms with Crippen LogP contribution >= 0.6 is 0 Å². The number of benzene rings is 1. The molecule has 2 aromatic heterocycles. The van der Waals surface area contributed by atoms with Crippen LogP contribution in [-0.4, -0.2) is 31.0 Å². The third-order valence-electron chi connectivity index (χ3n) is 3.66. The van der Waals surface area contributed by atoms with E-state index in [9.17, 15) is 19.2 Å². The first-order valence-corrected chi connectivity index (χ1v) is 7.47. The first-order chi connectivity index (χ1) is 12.2. The van der Waals surface area contributed by atoms with Crippen molar-refractivity contribution in [1.29, 1.82) is 0 Å². The number of fused-ring (bicyclic) bond motifs is 2. The van der Waals surface area contributed by atoms with Gasteiger partial charge in [0.15, 0.2) is 0 Å². The summed E-state index contributed by atoms with van der Waals surface area (Å²) in [5, 5.41) is 0.343. The summed E-state index contributed by atoms with van der Waals surface area (Å²) >= 11 is 0. The molecule has 134 valence electrons. The van der Waals surface area contributed by atoms with E-state index in [0.717, 1.165) is 9.13 Å². The Bertz CT molecular complexity index is 1110. The highest BCUT2D eigenvalue weighted by Gasteiger charge is 2.16. The summed E-state index contributed by atoms with van der Waals surface area (Å²) in [5.41, 5.74) is -0.610. The van der Waals surface area contributed by atoms with Gasteiger partial charge in [-0.25, -0.2) is 0 Å². The SMILES string of the molecule is CC(=O)Oc1nc2cc3c(=O)n(C)c(OC(C)=O)nc3cc2c(=O)n1C. The van der Waals surface area contributed by atoms with Gasteiger partial charge in [-0.2, -0.15) is 9.97 Å². The van der Waals surface area contributed by atoms with Crippen LogP contribution in [0.1, 0.15) is 13.8 Å². The smallest absolute Gasteiger partial charge is 0.310 e. The van der Waals surface area contributed by atoms with E-state index < -0.39 is 23.1 Å². The number of esters is 2. The maximum atomic E-state index is 12.5. The number of carbonyl (C=O) groups excluding carboxylic acids is 2. The molecule has 0 saturated carbocycles. The number of hydrogen-bond donors (Lipinski definition) is 0. The molecule has 10 heteroatoms. The van der Waals surface area contributed by atoms with Crippen LogP contribution in [0.2, 0.25) is 0 Å². The van der Waals surface area contributed by atoms with Crippen LogP contribution in [-0.2, 0) is 23.7 Å². The maximum absolute atomic E-state index is 12.5. The zero-order valence-corrected chi connectivity index (χ0v) is 14.4. The van der Waals surface area contributed by atoms with Crippen molar-refractivity contribution < 1.29 is 19.1 Å². The number of hydrogen-bond acceptors (Lipinski definition) is 8. The second-order valence-electron chi connectivity index (χ2n) is 5.59. The molecule has 0 radical (unpaired) electrons. The quantitative estimate of drug-likeness (QED) is 0.464. The lowest BCUT2D eigenvalue weighted by Crippen LogP contribution is -2.24. The minimum absolute atomic E-state index is 0.172. The number of aromatic nitrogens is 4. The van der Waals surface area contributed by atoms with Crippen molar-refractivity contribution in [2.45, 2.75) is 13.8 Å². The van der Waals surface area contributed by atoms with Crippen LogP contribution in [0.3, 0.4) is 0 Å². The second kappa shape index (κ2) is 6.06. The number of rotatable bonds is 2. The third-order valence-corrected chi connectivity index (χ3v) is 3.66. The molecule has 3 rings (SSSR count). The van der Waals surface area contributed by atoms with E-state index in [1.807, 2.05) is 0 Å². The van der Waals surface area contributed by atoms with E-state index in [1.54, 1.807) is 0 Å². The van der Waals surface area contributed by atoms with E-state index >= 15 is 0 Å². The zero-order chi connectivity index (χ0) is 19.2. The molecule has 0 amide bonds. The minimum atomic E-state index is -0.628. The van der Waals surface area contributed by atoms with Crippen molar-refractivity contribution in [3.05, 3.63) is 32.8 Å². The summed E-state index contributed by atoms with van der Waals surface area (Å²) in [6, 6.07) is 2.39. The molecule has 1 aromatic carbocycles. The summed E-state index contributed by atoms with van der Waals surface area (Å²) in [6.07, 6.45) is 0. The van der Waals surface area contributed by atoms with Crippen molar-refractivity contribution in [2.75, 3.05) is 0 Å². The number of nitrogens with zero attached hydrogens (tertiary/aromatic N) is 4. The Kier molecular flexibility index (Phi) is 4.03. The minimum Gasteiger partial charge on any atom is -0.392 e. The summed E-state index contributed by atoms with van der Waals surface area (Å²) in [6.45, 7) is 2.37. The molecule has 26 heavy (non-hydrogen) atoms. The van der Waals surface area contributed by atoms with Gasteiger partial charge in [0.05, 0.1) is 21.8 Å². The molecular formula is C16H14N4O6. The van der Waals surface area contributed by atoms with Crippen LogP contribution in [0.25, 0.3) is 21.8 Å². The van der Waals surface area contributed by atoms with E-state index in [-0.39, 0.29) is 33.8 Å². The molecule has 0 atom stereocenters. The molecule has 0 fully saturated rings. The molecule has 0 aliphatic carbocycles. The Hall–Kier alpha value is -3.56. The summed E-state index contributed by atoms with van der Waals surface area (Å²) in [4.78, 5) is 55.6. The lowest BCUT2D eigenvalue weighted by atomic mass is 10.1. The Morgan fingerprint density at radius 2 is 1.15 bits per heavy atom. The van der Waals surface area contributed by atoms with Gasteiger partial charge in [-0.05, 0) is 12.1 Å². The average molecular weight is 358 g/mol. The molecule has 0 unspecified atom stereocenters. The fourth-order valence-electron chi connectivity index (χ4n) is 2.44. The molecule has 0 N–H and O–H groups in total. The fraction of sp³-hybridized carbons (Fsp3) is 0.250. The van der Waals surface area contributed by atoms with Crippen molar-refractivity contribution in [2.24, 2.45) is 14.1 Å². The predicted molar refractivity (Wildman–Crippen MR) is 90.1 cm³/mol. The zero-order valence-electron chi connectivity index (χ0n) is 14.4. The van der Waals surface area contributed by atoms with Gasteiger partial charge in [0.2, 0.25) is 0 Å². The Labute approximate surface area is 145 Å². The molecule has 0 spiro atoms. The van der Waals surface area contributed by atoms with Crippen molar-refractivity contribution in [3.8, 4) is 12.0 Å². The van der Waals surface area contributed by atoms with Gasteiger partial charge in [-0.1, -0.05) is 0 Å². The van der Waals surface area contributed by atoms with Crippen LogP contribution in [0.4, 0.5) is 0 Å². The normalized spacial score (nSPS) is 10.9. The van der Waals surface area contributed by atoms with Crippen LogP contribution in [0.5, 0.6) is 12.0 Å². The summed E-state index contributed by atoms with van der Waals surface area (Å²) in [5.74, 6) is -1.26. The third kappa shape index (κ3) is 2.81. The first kappa shape index (κ1) is 17.3. The average Bonchev–Trinajstić information content (AvgIpc) is 2.55. The van der Waals surface area contributed by atoms with Crippen molar-refractivity contribution >= 4 is 33.7 Å². The monoisotopic (exact) mass is 358 g/mol. The Morgan fingerprint density at radius 1 is 0.808 bits per heavy atom. The highest BCUT2D eigenvalue weighted by atomic mass is 16.6. The van der Waals surface area contributed by atoms with E-state index in [0.29, 0.717) is 0 Å². The molecular weight excluding hydrogens is 344 g/mol. The molecule has 0 aliphatic heterocycles. The molecule has 2 heterocycles. The van der Waals surface area contributed by atoms with Gasteiger partial charge >= 0.3 is 24.0 Å². The summed E-state index contributed by atoms with van der Waals surface area (Å²) < 4.78 is 12.0. The topological polar surface area (TPSA) is 122 Å². The van der Waals surface area contributed by atoms with Crippen LogP contribution < -0.4 is 20.6 Å². The number of ether oxygens (including phenoxy) is 2. The predicted octanol–water partition coefficient (Wildman–Crippen LogP) is 0.0310. The lowest BCUT2D eigenvalue weighted by Gasteiger charge is -2.10. The number of carbonyl (C=O) groups is 2. The highest BCUT2D eigenvalue weighted by molar-refractivity contribution is 5.94. The molecule has 3 aromatic rings. The van der Waals surface area contributed by atoms with Gasteiger partial charge in [0, 0.05) is 27.9 Å². The lowest BCUT2D eigenvalue weighted by molar-refractivity contribution is -0.133. The van der Waals surface area contributed by atoms with Gasteiger partial charge in [-0.15, -0.1) is 0 Å². The van der Waals surface area contributed by atoms with Crippen LogP contribution in [0, 0.1) is 0 Å². The Morgan fingerprint density at radius 3 is 1.46 bits per heavy atom. The molecule has 0 saturated heterocycles. The van der Waals surface area contributed by atoms with E-state index in [4.69, 9.17) is 9.47 Å². The standard InChI is InChI=1S/C16H14N4O6/c1-7(21)25-15-17-11-5-10-12(6-9(11)13(23)19(15)3)18-16(26-8(2)22)20(4)14(10)24/h5-6H,1-4H3. The molecule has 10 nitrogen and oxygen atoms in total. The largest absolute Gasteiger partial charge is 0.392 e. The Balaban J connectivity index is 2.37. The van der Waals surface area contributed by atoms with Gasteiger partial charge in [0.1, 0.15) is 0 Å². The van der Waals surface area contributed by atoms with Gasteiger partial charge < -0.3 is 9.47 Å². The summed E-state index contributed by atoms with van der Waals surface area (Å²) in [7, 11) is 2.80. The van der Waals surface area contributed by atoms with E-state index in [1.165, 1.54) is 40.1 Å². The fourth-order valence-corrected chi connectivity index (χ4v) is 2.44. The first-order valence-electron chi connectivity index (χ1n) is 7.47. The van der Waals surface area contributed by atoms with Gasteiger partial charge in [-0.3, -0.25) is 28.3 Å².